The van der Waals surface area contributed by atoms with Gasteiger partial charge in [-0.1, -0.05) is 34.8 Å². The summed E-state index contributed by atoms with van der Waals surface area (Å²) in [7, 11) is 0. The van der Waals surface area contributed by atoms with E-state index in [-0.39, 0.29) is 22.5 Å². The number of nitrogen functional groups attached to an aromatic ring is 1. The summed E-state index contributed by atoms with van der Waals surface area (Å²) in [5.41, 5.74) is 5.27. The van der Waals surface area contributed by atoms with Crippen molar-refractivity contribution in [3.8, 4) is 5.75 Å². The fourth-order valence-corrected chi connectivity index (χ4v) is 2.51. The first-order valence-electron chi connectivity index (χ1n) is 7.55. The minimum Gasteiger partial charge on any atom is -0.480 e. The molecule has 1 aromatic heterocycles. The molecule has 1 fully saturated rings. The summed E-state index contributed by atoms with van der Waals surface area (Å²) in [6.45, 7) is -0.415. The van der Waals surface area contributed by atoms with Crippen LogP contribution in [-0.4, -0.2) is 38.7 Å². The van der Waals surface area contributed by atoms with Crippen LogP contribution in [0.2, 0.25) is 15.1 Å². The smallest absolute Gasteiger partial charge is 0.356 e. The van der Waals surface area contributed by atoms with E-state index in [1.165, 1.54) is 12.1 Å². The molecule has 0 bridgehead atoms. The molecule has 1 heterocycles. The van der Waals surface area contributed by atoms with Crippen molar-refractivity contribution < 1.29 is 24.5 Å². The number of nitrogens with zero attached hydrogens (tertiary/aromatic N) is 2. The van der Waals surface area contributed by atoms with E-state index in [2.05, 4.69) is 9.97 Å². The molecule has 1 aromatic carbocycles. The highest BCUT2D eigenvalue weighted by molar-refractivity contribution is 6.35. The van der Waals surface area contributed by atoms with Crippen LogP contribution in [0.4, 0.5) is 5.82 Å². The van der Waals surface area contributed by atoms with Gasteiger partial charge in [0.1, 0.15) is 22.4 Å². The molecule has 27 heavy (non-hydrogen) atoms. The van der Waals surface area contributed by atoms with Gasteiger partial charge in [0.25, 0.3) is 0 Å². The Bertz CT molecular complexity index is 875. The van der Waals surface area contributed by atoms with Crippen LogP contribution in [0.1, 0.15) is 35.1 Å². The number of carboxylic acid groups (broad SMARTS) is 2. The van der Waals surface area contributed by atoms with Gasteiger partial charge in [-0.05, 0) is 31.0 Å². The molecule has 2 aromatic rings. The number of aliphatic carboxylic acids is 1. The second-order valence-corrected chi connectivity index (χ2v) is 6.69. The number of hydrogen-bond donors (Lipinski definition) is 3. The van der Waals surface area contributed by atoms with Crippen molar-refractivity contribution in [2.75, 3.05) is 12.3 Å². The van der Waals surface area contributed by atoms with Gasteiger partial charge in [-0.15, -0.1) is 0 Å². The predicted molar refractivity (Wildman–Crippen MR) is 100.0 cm³/mol. The number of aromatic carboxylic acids is 1. The minimum absolute atomic E-state index is 0.0426. The SMILES string of the molecule is Nc1nc(C2CC2)nc(C(=O)O)c1Cl.O=C(O)COc1ccc(Cl)cc1Cl. The van der Waals surface area contributed by atoms with Gasteiger partial charge in [0.15, 0.2) is 12.3 Å². The Morgan fingerprint density at radius 3 is 2.37 bits per heavy atom. The van der Waals surface area contributed by atoms with Gasteiger partial charge in [-0.3, -0.25) is 0 Å². The fourth-order valence-electron chi connectivity index (χ4n) is 1.88. The number of carboxylic acids is 2. The summed E-state index contributed by atoms with van der Waals surface area (Å²) in [6, 6.07) is 4.58. The molecule has 0 spiro atoms. The molecule has 0 radical (unpaired) electrons. The van der Waals surface area contributed by atoms with E-state index in [1.807, 2.05) is 0 Å². The summed E-state index contributed by atoms with van der Waals surface area (Å²) in [4.78, 5) is 28.7. The number of ether oxygens (including phenoxy) is 1. The lowest BCUT2D eigenvalue weighted by molar-refractivity contribution is -0.139. The fraction of sp³-hybridized carbons (Fsp3) is 0.250. The number of halogens is 3. The van der Waals surface area contributed by atoms with Gasteiger partial charge in [-0.2, -0.15) is 0 Å². The van der Waals surface area contributed by atoms with Crippen molar-refractivity contribution in [3.63, 3.8) is 0 Å². The summed E-state index contributed by atoms with van der Waals surface area (Å²) in [6.07, 6.45) is 1.97. The predicted octanol–water partition coefficient (Wildman–Crippen LogP) is 3.74. The van der Waals surface area contributed by atoms with Crippen LogP contribution in [0.15, 0.2) is 18.2 Å². The maximum absolute atomic E-state index is 10.7. The normalized spacial score (nSPS) is 12.7. The zero-order valence-electron chi connectivity index (χ0n) is 13.7. The standard InChI is InChI=1S/C8H6Cl2O3.C8H8ClN3O2/c9-5-1-2-7(6(10)3-5)13-4-8(11)12;9-4-5(8(13)14)11-7(3-1-2-3)12-6(4)10/h1-3H,4H2,(H,11,12);3H,1-2H2,(H,13,14)(H2,10,11,12). The van der Waals surface area contributed by atoms with E-state index in [4.69, 9.17) is 55.5 Å². The third-order valence-corrected chi connectivity index (χ3v) is 4.19. The van der Waals surface area contributed by atoms with E-state index < -0.39 is 18.5 Å². The third kappa shape index (κ3) is 6.13. The van der Waals surface area contributed by atoms with Gasteiger partial charge < -0.3 is 20.7 Å². The first-order valence-corrected chi connectivity index (χ1v) is 8.68. The first kappa shape index (κ1) is 21.0. The Kier molecular flexibility index (Phi) is 7.06. The summed E-state index contributed by atoms with van der Waals surface area (Å²) < 4.78 is 4.86. The lowest BCUT2D eigenvalue weighted by Crippen LogP contribution is -2.09. The Hall–Kier alpha value is -2.29. The number of benzene rings is 1. The topological polar surface area (TPSA) is 136 Å². The molecule has 0 atom stereocenters. The maximum atomic E-state index is 10.7. The number of hydrogen-bond acceptors (Lipinski definition) is 6. The molecule has 1 saturated carbocycles. The number of anilines is 1. The van der Waals surface area contributed by atoms with Crippen LogP contribution in [0.25, 0.3) is 0 Å². The quantitative estimate of drug-likeness (QED) is 0.647. The van der Waals surface area contributed by atoms with E-state index in [9.17, 15) is 9.59 Å². The highest BCUT2D eigenvalue weighted by atomic mass is 35.5. The zero-order chi connectivity index (χ0) is 20.1. The van der Waals surface area contributed by atoms with Crippen LogP contribution in [0, 0.1) is 0 Å². The maximum Gasteiger partial charge on any atom is 0.356 e. The Morgan fingerprint density at radius 2 is 1.85 bits per heavy atom. The lowest BCUT2D eigenvalue weighted by Gasteiger charge is -2.04. The van der Waals surface area contributed by atoms with E-state index in [1.54, 1.807) is 6.07 Å². The number of nitrogens with two attached hydrogens (primary N) is 1. The van der Waals surface area contributed by atoms with Crippen LogP contribution in [0.3, 0.4) is 0 Å². The van der Waals surface area contributed by atoms with Crippen molar-refractivity contribution in [3.05, 3.63) is 44.8 Å². The van der Waals surface area contributed by atoms with Crippen molar-refractivity contribution in [1.29, 1.82) is 0 Å². The highest BCUT2D eigenvalue weighted by Gasteiger charge is 2.29. The van der Waals surface area contributed by atoms with E-state index >= 15 is 0 Å². The molecular formula is C16H14Cl3N3O5. The second-order valence-electron chi connectivity index (χ2n) is 5.47. The molecule has 8 nitrogen and oxygen atoms in total. The molecule has 0 saturated heterocycles. The molecule has 3 rings (SSSR count). The molecular weight excluding hydrogens is 421 g/mol. The zero-order valence-corrected chi connectivity index (χ0v) is 15.9. The molecule has 1 aliphatic rings. The Balaban J connectivity index is 0.000000194. The molecule has 1 aliphatic carbocycles. The highest BCUT2D eigenvalue weighted by Crippen LogP contribution is 2.39. The van der Waals surface area contributed by atoms with Gasteiger partial charge in [0.05, 0.1) is 5.02 Å². The van der Waals surface area contributed by atoms with Crippen molar-refractivity contribution in [2.45, 2.75) is 18.8 Å². The minimum atomic E-state index is -1.17. The second kappa shape index (κ2) is 9.07. The summed E-state index contributed by atoms with van der Waals surface area (Å²) in [5.74, 6) is -1.12. The van der Waals surface area contributed by atoms with Crippen LogP contribution in [0.5, 0.6) is 5.75 Å². The molecule has 4 N–H and O–H groups in total. The third-order valence-electron chi connectivity index (χ3n) is 3.28. The molecule has 11 heteroatoms. The average Bonchev–Trinajstić information content (AvgIpc) is 3.41. The van der Waals surface area contributed by atoms with Crippen molar-refractivity contribution >= 4 is 52.6 Å². The Morgan fingerprint density at radius 1 is 1.19 bits per heavy atom. The van der Waals surface area contributed by atoms with Gasteiger partial charge in [0, 0.05) is 10.9 Å². The van der Waals surface area contributed by atoms with Crippen molar-refractivity contribution in [1.82, 2.24) is 9.97 Å². The summed E-state index contributed by atoms with van der Waals surface area (Å²) in [5, 5.41) is 17.8. The van der Waals surface area contributed by atoms with Gasteiger partial charge >= 0.3 is 11.9 Å². The number of aromatic nitrogens is 2. The molecule has 0 amide bonds. The molecule has 0 aliphatic heterocycles. The molecule has 0 unspecified atom stereocenters. The lowest BCUT2D eigenvalue weighted by atomic mass is 10.3. The first-order chi connectivity index (χ1) is 12.7. The number of carbonyl (C=O) groups is 2. The van der Waals surface area contributed by atoms with E-state index in [0.29, 0.717) is 21.6 Å². The van der Waals surface area contributed by atoms with Crippen LogP contribution >= 0.6 is 34.8 Å². The van der Waals surface area contributed by atoms with Crippen LogP contribution < -0.4 is 10.5 Å². The molecule has 144 valence electrons. The van der Waals surface area contributed by atoms with E-state index in [0.717, 1.165) is 12.8 Å². The van der Waals surface area contributed by atoms with Crippen LogP contribution in [-0.2, 0) is 4.79 Å². The number of rotatable bonds is 5. The largest absolute Gasteiger partial charge is 0.480 e. The van der Waals surface area contributed by atoms with Crippen molar-refractivity contribution in [2.24, 2.45) is 0 Å². The average molecular weight is 435 g/mol. The summed E-state index contributed by atoms with van der Waals surface area (Å²) >= 11 is 17.0. The monoisotopic (exact) mass is 433 g/mol. The van der Waals surface area contributed by atoms with Gasteiger partial charge in [0.2, 0.25) is 0 Å². The van der Waals surface area contributed by atoms with Gasteiger partial charge in [-0.25, -0.2) is 19.6 Å². The Labute approximate surface area is 168 Å².